The van der Waals surface area contributed by atoms with Gasteiger partial charge in [0.25, 0.3) is 0 Å². The largest absolute Gasteiger partial charge is 0.492 e. The summed E-state index contributed by atoms with van der Waals surface area (Å²) >= 11 is 6.02. The van der Waals surface area contributed by atoms with Crippen LogP contribution in [0.15, 0.2) is 78.9 Å². The highest BCUT2D eigenvalue weighted by Crippen LogP contribution is 2.28. The summed E-state index contributed by atoms with van der Waals surface area (Å²) < 4.78 is 6.01. The molecule has 4 heteroatoms. The molecule has 0 amide bonds. The number of pyridine rings is 1. The smallest absolute Gasteiger partial charge is 0.120 e. The lowest BCUT2D eigenvalue weighted by Gasteiger charge is -2.15. The molecule has 0 atom stereocenters. The van der Waals surface area contributed by atoms with E-state index in [1.807, 2.05) is 36.4 Å². The Morgan fingerprint density at radius 3 is 2.45 bits per heavy atom. The Kier molecular flexibility index (Phi) is 5.88. The first-order chi connectivity index (χ1) is 15.2. The summed E-state index contributed by atoms with van der Waals surface area (Å²) in [6.45, 7) is 4.12. The molecule has 0 N–H and O–H groups in total. The van der Waals surface area contributed by atoms with Gasteiger partial charge in [-0.25, -0.2) is 4.98 Å². The topological polar surface area (TPSA) is 25.4 Å². The van der Waals surface area contributed by atoms with Crippen LogP contribution >= 0.6 is 11.6 Å². The summed E-state index contributed by atoms with van der Waals surface area (Å²) in [4.78, 5) is 7.36. The van der Waals surface area contributed by atoms with E-state index in [1.54, 1.807) is 0 Å². The number of halogens is 1. The van der Waals surface area contributed by atoms with Crippen molar-refractivity contribution in [1.82, 2.24) is 9.88 Å². The van der Waals surface area contributed by atoms with Gasteiger partial charge in [0.05, 0.1) is 11.2 Å². The maximum absolute atomic E-state index is 6.02. The fourth-order valence-corrected chi connectivity index (χ4v) is 4.28. The van der Waals surface area contributed by atoms with Crippen LogP contribution in [-0.4, -0.2) is 36.1 Å². The monoisotopic (exact) mass is 428 g/mol. The molecule has 3 aromatic carbocycles. The first-order valence-electron chi connectivity index (χ1n) is 10.9. The molecule has 4 aromatic rings. The number of aromatic nitrogens is 1. The third kappa shape index (κ3) is 4.73. The molecule has 0 saturated carbocycles. The molecule has 0 unspecified atom stereocenters. The molecule has 0 bridgehead atoms. The molecule has 1 aliphatic heterocycles. The first-order valence-corrected chi connectivity index (χ1v) is 11.2. The minimum atomic E-state index is 0.724. The Bertz CT molecular complexity index is 1180. The molecule has 2 heterocycles. The molecule has 0 aliphatic carbocycles. The lowest BCUT2D eigenvalue weighted by Crippen LogP contribution is -2.25. The second kappa shape index (κ2) is 9.09. The van der Waals surface area contributed by atoms with Gasteiger partial charge in [-0.15, -0.1) is 0 Å². The van der Waals surface area contributed by atoms with Crippen LogP contribution in [-0.2, 0) is 0 Å². The standard InChI is InChI=1S/C27H25ClN2O/c28-24-10-6-20(7-11-24)21-8-12-27-23(18-21)9-13-26(29-27)22-4-3-5-25(19-22)31-17-16-30-14-1-2-15-30/h3-13,18-19H,1-2,14-17H2. The third-order valence-corrected chi connectivity index (χ3v) is 6.12. The summed E-state index contributed by atoms with van der Waals surface area (Å²) in [5, 5.41) is 1.87. The number of nitrogens with zero attached hydrogens (tertiary/aromatic N) is 2. The molecule has 1 aromatic heterocycles. The van der Waals surface area contributed by atoms with Gasteiger partial charge in [0.2, 0.25) is 0 Å². The van der Waals surface area contributed by atoms with Crippen molar-refractivity contribution in [2.24, 2.45) is 0 Å². The van der Waals surface area contributed by atoms with Crippen molar-refractivity contribution in [1.29, 1.82) is 0 Å². The fraction of sp³-hybridized carbons (Fsp3) is 0.222. The summed E-state index contributed by atoms with van der Waals surface area (Å²) in [7, 11) is 0. The van der Waals surface area contributed by atoms with E-state index in [9.17, 15) is 0 Å². The lowest BCUT2D eigenvalue weighted by molar-refractivity contribution is 0.238. The quantitative estimate of drug-likeness (QED) is 0.341. The number of rotatable bonds is 6. The zero-order chi connectivity index (χ0) is 21.0. The number of likely N-dealkylation sites (tertiary alicyclic amines) is 1. The minimum absolute atomic E-state index is 0.724. The van der Waals surface area contributed by atoms with Gasteiger partial charge < -0.3 is 4.74 Å². The van der Waals surface area contributed by atoms with Crippen molar-refractivity contribution in [2.75, 3.05) is 26.2 Å². The molecule has 156 valence electrons. The molecule has 1 fully saturated rings. The van der Waals surface area contributed by atoms with Crippen molar-refractivity contribution in [3.05, 3.63) is 83.9 Å². The lowest BCUT2D eigenvalue weighted by atomic mass is 10.0. The fourth-order valence-electron chi connectivity index (χ4n) is 4.15. The van der Waals surface area contributed by atoms with Gasteiger partial charge in [0, 0.05) is 22.5 Å². The number of hydrogen-bond donors (Lipinski definition) is 0. The maximum atomic E-state index is 6.02. The zero-order valence-corrected chi connectivity index (χ0v) is 18.2. The van der Waals surface area contributed by atoms with Crippen LogP contribution in [0.1, 0.15) is 12.8 Å². The Morgan fingerprint density at radius 1 is 0.806 bits per heavy atom. The van der Waals surface area contributed by atoms with E-state index in [-0.39, 0.29) is 0 Å². The average Bonchev–Trinajstić information content (AvgIpc) is 3.33. The molecule has 5 rings (SSSR count). The highest BCUT2D eigenvalue weighted by Gasteiger charge is 2.11. The Hall–Kier alpha value is -2.88. The average molecular weight is 429 g/mol. The predicted octanol–water partition coefficient (Wildman–Crippen LogP) is 6.70. The normalized spacial score (nSPS) is 14.2. The van der Waals surface area contributed by atoms with Crippen LogP contribution in [0.5, 0.6) is 5.75 Å². The highest BCUT2D eigenvalue weighted by molar-refractivity contribution is 6.30. The number of ether oxygens (including phenoxy) is 1. The molecule has 1 saturated heterocycles. The molecular formula is C27H25ClN2O. The van der Waals surface area contributed by atoms with Crippen LogP contribution in [0.2, 0.25) is 5.02 Å². The van der Waals surface area contributed by atoms with Crippen molar-refractivity contribution in [3.63, 3.8) is 0 Å². The van der Waals surface area contributed by atoms with Crippen molar-refractivity contribution >= 4 is 22.5 Å². The van der Waals surface area contributed by atoms with Crippen molar-refractivity contribution in [3.8, 4) is 28.1 Å². The molecule has 0 radical (unpaired) electrons. The van der Waals surface area contributed by atoms with Crippen molar-refractivity contribution in [2.45, 2.75) is 12.8 Å². The van der Waals surface area contributed by atoms with E-state index in [4.69, 9.17) is 21.3 Å². The second-order valence-corrected chi connectivity index (χ2v) is 8.47. The van der Waals surface area contributed by atoms with E-state index < -0.39 is 0 Å². The van der Waals surface area contributed by atoms with Gasteiger partial charge in [-0.2, -0.15) is 0 Å². The third-order valence-electron chi connectivity index (χ3n) is 5.87. The van der Waals surface area contributed by atoms with Gasteiger partial charge in [0.1, 0.15) is 12.4 Å². The first kappa shape index (κ1) is 20.0. The second-order valence-electron chi connectivity index (χ2n) is 8.04. The highest BCUT2D eigenvalue weighted by atomic mass is 35.5. The summed E-state index contributed by atoms with van der Waals surface area (Å²) in [6.07, 6.45) is 2.62. The molecule has 31 heavy (non-hydrogen) atoms. The zero-order valence-electron chi connectivity index (χ0n) is 17.4. The molecule has 3 nitrogen and oxygen atoms in total. The van der Waals surface area contributed by atoms with Gasteiger partial charge in [0.15, 0.2) is 0 Å². The molecule has 0 spiro atoms. The van der Waals surface area contributed by atoms with Gasteiger partial charge in [-0.3, -0.25) is 4.90 Å². The van der Waals surface area contributed by atoms with E-state index in [1.165, 1.54) is 25.9 Å². The van der Waals surface area contributed by atoms with Crippen LogP contribution in [0.3, 0.4) is 0 Å². The van der Waals surface area contributed by atoms with E-state index in [2.05, 4.69) is 47.4 Å². The van der Waals surface area contributed by atoms with Gasteiger partial charge >= 0.3 is 0 Å². The summed E-state index contributed by atoms with van der Waals surface area (Å²) in [5.74, 6) is 0.900. The van der Waals surface area contributed by atoms with Crippen molar-refractivity contribution < 1.29 is 4.74 Å². The number of hydrogen-bond acceptors (Lipinski definition) is 3. The van der Waals surface area contributed by atoms with Gasteiger partial charge in [-0.05, 0) is 79.5 Å². The van der Waals surface area contributed by atoms with Crippen LogP contribution in [0.4, 0.5) is 0 Å². The van der Waals surface area contributed by atoms with Crippen LogP contribution < -0.4 is 4.74 Å². The molecular weight excluding hydrogens is 404 g/mol. The van der Waals surface area contributed by atoms with Gasteiger partial charge in [-0.1, -0.05) is 48.0 Å². The van der Waals surface area contributed by atoms with Crippen LogP contribution in [0.25, 0.3) is 33.3 Å². The summed E-state index contributed by atoms with van der Waals surface area (Å²) in [5.41, 5.74) is 5.32. The van der Waals surface area contributed by atoms with E-state index in [0.29, 0.717) is 0 Å². The summed E-state index contributed by atoms with van der Waals surface area (Å²) in [6, 6.07) is 26.7. The van der Waals surface area contributed by atoms with Crippen LogP contribution in [0, 0.1) is 0 Å². The predicted molar refractivity (Wildman–Crippen MR) is 129 cm³/mol. The number of fused-ring (bicyclic) bond motifs is 1. The Labute approximate surface area is 188 Å². The Morgan fingerprint density at radius 2 is 1.61 bits per heavy atom. The van der Waals surface area contributed by atoms with E-state index >= 15 is 0 Å². The Balaban J connectivity index is 1.33. The van der Waals surface area contributed by atoms with E-state index in [0.717, 1.165) is 57.2 Å². The maximum Gasteiger partial charge on any atom is 0.120 e. The number of benzene rings is 3. The minimum Gasteiger partial charge on any atom is -0.492 e. The molecule has 1 aliphatic rings. The SMILES string of the molecule is Clc1ccc(-c2ccc3nc(-c4cccc(OCCN5CCCC5)c4)ccc3c2)cc1.